The molecule has 0 fully saturated rings. The lowest BCUT2D eigenvalue weighted by Gasteiger charge is -2.07. The first kappa shape index (κ1) is 17.0. The summed E-state index contributed by atoms with van der Waals surface area (Å²) in [6.45, 7) is 1.65. The molecule has 0 aliphatic heterocycles. The largest absolute Gasteiger partial charge is 0.360 e. The fourth-order valence-electron chi connectivity index (χ4n) is 2.35. The van der Waals surface area contributed by atoms with Crippen molar-refractivity contribution in [3.8, 4) is 17.3 Å². The summed E-state index contributed by atoms with van der Waals surface area (Å²) in [7, 11) is 0. The van der Waals surface area contributed by atoms with Gasteiger partial charge in [0.2, 0.25) is 0 Å². The molecule has 0 aliphatic carbocycles. The van der Waals surface area contributed by atoms with Crippen LogP contribution in [0.25, 0.3) is 11.3 Å². The van der Waals surface area contributed by atoms with Crippen LogP contribution in [0, 0.1) is 18.3 Å². The molecule has 3 rings (SSSR count). The number of amides is 1. The molecule has 2 aromatic carbocycles. The topological polar surface area (TPSA) is 78.9 Å². The Morgan fingerprint density at radius 2 is 1.96 bits per heavy atom. The molecular formula is C18H11Cl2N3O2. The molecule has 5 nitrogen and oxygen atoms in total. The van der Waals surface area contributed by atoms with Crippen LogP contribution in [-0.4, -0.2) is 11.1 Å². The number of aromatic nitrogens is 1. The third-order valence-corrected chi connectivity index (χ3v) is 4.21. The van der Waals surface area contributed by atoms with E-state index >= 15 is 0 Å². The summed E-state index contributed by atoms with van der Waals surface area (Å²) in [6, 6.07) is 13.7. The van der Waals surface area contributed by atoms with Crippen LogP contribution in [0.1, 0.15) is 21.7 Å². The Bertz CT molecular complexity index is 1010. The van der Waals surface area contributed by atoms with Crippen LogP contribution in [0.2, 0.25) is 10.0 Å². The lowest BCUT2D eigenvalue weighted by atomic mass is 10.1. The van der Waals surface area contributed by atoms with Crippen LogP contribution in [0.5, 0.6) is 0 Å². The minimum Gasteiger partial charge on any atom is -0.360 e. The fraction of sp³-hybridized carbons (Fsp3) is 0.0556. The number of carbonyl (C=O) groups is 1. The lowest BCUT2D eigenvalue weighted by Crippen LogP contribution is -2.13. The van der Waals surface area contributed by atoms with E-state index in [2.05, 4.69) is 10.5 Å². The fourth-order valence-corrected chi connectivity index (χ4v) is 2.80. The number of nitrogens with one attached hydrogen (secondary N) is 1. The SMILES string of the molecule is Cc1onc(-c2ccccc2Cl)c1C(=O)Nc1ccc(C#N)c(Cl)c1. The van der Waals surface area contributed by atoms with E-state index in [4.69, 9.17) is 33.0 Å². The van der Waals surface area contributed by atoms with Crippen molar-refractivity contribution in [3.05, 3.63) is 69.4 Å². The van der Waals surface area contributed by atoms with E-state index in [-0.39, 0.29) is 10.6 Å². The van der Waals surface area contributed by atoms with Gasteiger partial charge in [0.05, 0.1) is 15.6 Å². The smallest absolute Gasteiger partial charge is 0.261 e. The normalized spacial score (nSPS) is 10.3. The molecule has 0 saturated heterocycles. The van der Waals surface area contributed by atoms with Crippen molar-refractivity contribution in [1.29, 1.82) is 5.26 Å². The van der Waals surface area contributed by atoms with Gasteiger partial charge < -0.3 is 9.84 Å². The average molecular weight is 372 g/mol. The van der Waals surface area contributed by atoms with Gasteiger partial charge in [0.1, 0.15) is 23.1 Å². The summed E-state index contributed by atoms with van der Waals surface area (Å²) in [4.78, 5) is 12.7. The molecule has 0 unspecified atom stereocenters. The van der Waals surface area contributed by atoms with Gasteiger partial charge in [-0.2, -0.15) is 5.26 Å². The van der Waals surface area contributed by atoms with Gasteiger partial charge in [-0.1, -0.05) is 46.6 Å². The molecule has 124 valence electrons. The van der Waals surface area contributed by atoms with E-state index in [9.17, 15) is 4.79 Å². The highest BCUT2D eigenvalue weighted by Crippen LogP contribution is 2.31. The number of anilines is 1. The Balaban J connectivity index is 1.96. The number of hydrogen-bond acceptors (Lipinski definition) is 4. The van der Waals surface area contributed by atoms with E-state index in [1.54, 1.807) is 37.3 Å². The van der Waals surface area contributed by atoms with Gasteiger partial charge in [-0.25, -0.2) is 0 Å². The van der Waals surface area contributed by atoms with Gasteiger partial charge in [0.15, 0.2) is 0 Å². The van der Waals surface area contributed by atoms with Gasteiger partial charge in [0, 0.05) is 11.3 Å². The molecule has 1 amide bonds. The van der Waals surface area contributed by atoms with Gasteiger partial charge in [-0.15, -0.1) is 0 Å². The average Bonchev–Trinajstić information content (AvgIpc) is 2.97. The molecule has 7 heteroatoms. The predicted molar refractivity (Wildman–Crippen MR) is 95.8 cm³/mol. The van der Waals surface area contributed by atoms with Crippen molar-refractivity contribution in [1.82, 2.24) is 5.16 Å². The molecule has 1 N–H and O–H groups in total. The van der Waals surface area contributed by atoms with Gasteiger partial charge in [-0.3, -0.25) is 4.79 Å². The molecule has 1 heterocycles. The maximum Gasteiger partial charge on any atom is 0.261 e. The zero-order chi connectivity index (χ0) is 18.0. The first-order valence-corrected chi connectivity index (χ1v) is 7.99. The monoisotopic (exact) mass is 371 g/mol. The third-order valence-electron chi connectivity index (χ3n) is 3.57. The summed E-state index contributed by atoms with van der Waals surface area (Å²) in [5.41, 5.74) is 2.04. The minimum atomic E-state index is -0.408. The van der Waals surface area contributed by atoms with E-state index in [1.165, 1.54) is 12.1 Å². The Morgan fingerprint density at radius 1 is 1.20 bits per heavy atom. The summed E-state index contributed by atoms with van der Waals surface area (Å²) >= 11 is 12.2. The molecule has 0 saturated carbocycles. The van der Waals surface area contributed by atoms with Crippen molar-refractivity contribution in [2.75, 3.05) is 5.32 Å². The van der Waals surface area contributed by atoms with Crippen LogP contribution in [0.3, 0.4) is 0 Å². The standard InChI is InChI=1S/C18H11Cl2N3O2/c1-10-16(17(23-25-10)13-4-2-3-5-14(13)19)18(24)22-12-7-6-11(9-21)15(20)8-12/h2-8H,1H3,(H,22,24). The molecule has 1 aromatic heterocycles. The second-order valence-corrected chi connectivity index (χ2v) is 6.02. The number of hydrogen-bond donors (Lipinski definition) is 1. The van der Waals surface area contributed by atoms with Gasteiger partial charge in [0.25, 0.3) is 5.91 Å². The number of rotatable bonds is 3. The Kier molecular flexibility index (Phi) is 4.75. The first-order valence-electron chi connectivity index (χ1n) is 7.23. The summed E-state index contributed by atoms with van der Waals surface area (Å²) < 4.78 is 5.19. The highest BCUT2D eigenvalue weighted by Gasteiger charge is 2.23. The molecule has 0 atom stereocenters. The molecule has 0 radical (unpaired) electrons. The summed E-state index contributed by atoms with van der Waals surface area (Å²) in [6.07, 6.45) is 0. The molecule has 0 bridgehead atoms. The van der Waals surface area contributed by atoms with Gasteiger partial charge in [-0.05, 0) is 31.2 Å². The molecule has 0 spiro atoms. The molecular weight excluding hydrogens is 361 g/mol. The van der Waals surface area contributed by atoms with E-state index in [1.807, 2.05) is 6.07 Å². The highest BCUT2D eigenvalue weighted by atomic mass is 35.5. The van der Waals surface area contributed by atoms with Gasteiger partial charge >= 0.3 is 0 Å². The second kappa shape index (κ2) is 6.98. The number of aryl methyl sites for hydroxylation is 1. The first-order chi connectivity index (χ1) is 12.0. The number of benzene rings is 2. The van der Waals surface area contributed by atoms with Crippen LogP contribution in [-0.2, 0) is 0 Å². The van der Waals surface area contributed by atoms with Crippen molar-refractivity contribution in [2.24, 2.45) is 0 Å². The maximum absolute atomic E-state index is 12.7. The number of carbonyl (C=O) groups excluding carboxylic acids is 1. The van der Waals surface area contributed by atoms with E-state index in [0.717, 1.165) is 0 Å². The maximum atomic E-state index is 12.7. The number of nitriles is 1. The van der Waals surface area contributed by atoms with E-state index < -0.39 is 5.91 Å². The van der Waals surface area contributed by atoms with Crippen molar-refractivity contribution in [2.45, 2.75) is 6.92 Å². The zero-order valence-corrected chi connectivity index (χ0v) is 14.5. The second-order valence-electron chi connectivity index (χ2n) is 5.20. The Labute approximate surface area is 153 Å². The minimum absolute atomic E-state index is 0.258. The Hall–Kier alpha value is -2.81. The summed E-state index contributed by atoms with van der Waals surface area (Å²) in [5.74, 6) is -0.0402. The van der Waals surface area contributed by atoms with Crippen molar-refractivity contribution >= 4 is 34.8 Å². The van der Waals surface area contributed by atoms with Crippen LogP contribution < -0.4 is 5.32 Å². The number of nitrogens with zero attached hydrogens (tertiary/aromatic N) is 2. The van der Waals surface area contributed by atoms with Crippen LogP contribution in [0.15, 0.2) is 47.0 Å². The quantitative estimate of drug-likeness (QED) is 0.695. The summed E-state index contributed by atoms with van der Waals surface area (Å²) in [5, 5.41) is 16.3. The van der Waals surface area contributed by atoms with Crippen LogP contribution >= 0.6 is 23.2 Å². The Morgan fingerprint density at radius 3 is 2.64 bits per heavy atom. The van der Waals surface area contributed by atoms with Crippen molar-refractivity contribution < 1.29 is 9.32 Å². The molecule has 3 aromatic rings. The molecule has 0 aliphatic rings. The highest BCUT2D eigenvalue weighted by molar-refractivity contribution is 6.33. The number of halogens is 2. The third kappa shape index (κ3) is 3.36. The molecule has 25 heavy (non-hydrogen) atoms. The van der Waals surface area contributed by atoms with E-state index in [0.29, 0.717) is 33.3 Å². The van der Waals surface area contributed by atoms with Crippen LogP contribution in [0.4, 0.5) is 5.69 Å². The zero-order valence-electron chi connectivity index (χ0n) is 13.0. The van der Waals surface area contributed by atoms with Crippen molar-refractivity contribution in [3.63, 3.8) is 0 Å². The predicted octanol–water partition coefficient (Wildman–Crippen LogP) is 5.08. The lowest BCUT2D eigenvalue weighted by molar-refractivity contribution is 0.102.